The zero-order valence-corrected chi connectivity index (χ0v) is 11.1. The maximum absolute atomic E-state index is 6.18. The third-order valence-electron chi connectivity index (χ3n) is 3.35. The predicted octanol–water partition coefficient (Wildman–Crippen LogP) is 5.25. The standard InChI is InChI=1S/C13H27Cl/c1-5-8-9-12(6-2)10-13(7-3)11(4)14/h11-13H,5-10H2,1-4H3. The van der Waals surface area contributed by atoms with Gasteiger partial charge in [-0.3, -0.25) is 0 Å². The Morgan fingerprint density at radius 3 is 2.07 bits per heavy atom. The summed E-state index contributed by atoms with van der Waals surface area (Å²) in [4.78, 5) is 0. The molecule has 0 heterocycles. The molecule has 0 fully saturated rings. The second-order valence-corrected chi connectivity index (χ2v) is 5.19. The summed E-state index contributed by atoms with van der Waals surface area (Å²) in [6, 6.07) is 0. The molecule has 3 unspecified atom stereocenters. The Kier molecular flexibility index (Phi) is 8.76. The fourth-order valence-corrected chi connectivity index (χ4v) is 2.37. The molecule has 0 spiro atoms. The topological polar surface area (TPSA) is 0 Å². The van der Waals surface area contributed by atoms with Gasteiger partial charge in [0.2, 0.25) is 0 Å². The Hall–Kier alpha value is 0.290. The number of alkyl halides is 1. The van der Waals surface area contributed by atoms with E-state index >= 15 is 0 Å². The molecule has 0 aromatic carbocycles. The molecule has 0 N–H and O–H groups in total. The molecule has 0 saturated heterocycles. The van der Waals surface area contributed by atoms with Crippen LogP contribution >= 0.6 is 11.6 Å². The summed E-state index contributed by atoms with van der Waals surface area (Å²) in [5.74, 6) is 1.62. The first-order chi connectivity index (χ1) is 6.65. The van der Waals surface area contributed by atoms with Crippen molar-refractivity contribution in [1.82, 2.24) is 0 Å². The Morgan fingerprint density at radius 1 is 1.07 bits per heavy atom. The van der Waals surface area contributed by atoms with Crippen LogP contribution in [-0.4, -0.2) is 5.38 Å². The van der Waals surface area contributed by atoms with E-state index in [0.717, 1.165) is 11.8 Å². The highest BCUT2D eigenvalue weighted by molar-refractivity contribution is 6.20. The first-order valence-corrected chi connectivity index (χ1v) is 6.73. The average Bonchev–Trinajstić information content (AvgIpc) is 2.18. The van der Waals surface area contributed by atoms with E-state index in [1.54, 1.807) is 0 Å². The van der Waals surface area contributed by atoms with Crippen molar-refractivity contribution in [1.29, 1.82) is 0 Å². The van der Waals surface area contributed by atoms with Crippen LogP contribution in [0.15, 0.2) is 0 Å². The Labute approximate surface area is 95.4 Å². The van der Waals surface area contributed by atoms with Gasteiger partial charge in [0, 0.05) is 5.38 Å². The second-order valence-electron chi connectivity index (χ2n) is 4.50. The molecule has 0 aromatic rings. The van der Waals surface area contributed by atoms with Crippen molar-refractivity contribution in [3.8, 4) is 0 Å². The molecular weight excluding hydrogens is 192 g/mol. The highest BCUT2D eigenvalue weighted by atomic mass is 35.5. The van der Waals surface area contributed by atoms with E-state index in [9.17, 15) is 0 Å². The van der Waals surface area contributed by atoms with Gasteiger partial charge in [0.05, 0.1) is 0 Å². The van der Waals surface area contributed by atoms with E-state index in [2.05, 4.69) is 27.7 Å². The third kappa shape index (κ3) is 5.90. The summed E-state index contributed by atoms with van der Waals surface area (Å²) in [6.07, 6.45) is 7.98. The van der Waals surface area contributed by atoms with Crippen molar-refractivity contribution in [2.75, 3.05) is 0 Å². The van der Waals surface area contributed by atoms with Gasteiger partial charge in [-0.2, -0.15) is 0 Å². The van der Waals surface area contributed by atoms with Crippen molar-refractivity contribution in [2.24, 2.45) is 11.8 Å². The number of halogens is 1. The normalized spacial score (nSPS) is 17.8. The summed E-state index contributed by atoms with van der Waals surface area (Å²) in [6.45, 7) is 8.98. The minimum absolute atomic E-state index is 0.343. The fourth-order valence-electron chi connectivity index (χ4n) is 2.09. The maximum atomic E-state index is 6.18. The smallest absolute Gasteiger partial charge is 0.0336 e. The highest BCUT2D eigenvalue weighted by Crippen LogP contribution is 2.27. The number of rotatable bonds is 8. The van der Waals surface area contributed by atoms with Gasteiger partial charge in [0.15, 0.2) is 0 Å². The SMILES string of the molecule is CCCCC(CC)CC(CC)C(C)Cl. The summed E-state index contributed by atoms with van der Waals surface area (Å²) >= 11 is 6.18. The van der Waals surface area contributed by atoms with Crippen molar-refractivity contribution in [3.05, 3.63) is 0 Å². The van der Waals surface area contributed by atoms with Crippen LogP contribution in [0.3, 0.4) is 0 Å². The molecule has 3 atom stereocenters. The van der Waals surface area contributed by atoms with E-state index in [-0.39, 0.29) is 0 Å². The third-order valence-corrected chi connectivity index (χ3v) is 3.71. The van der Waals surface area contributed by atoms with Crippen LogP contribution in [0.2, 0.25) is 0 Å². The van der Waals surface area contributed by atoms with Crippen LogP contribution in [0.1, 0.15) is 66.2 Å². The van der Waals surface area contributed by atoms with Crippen molar-refractivity contribution in [3.63, 3.8) is 0 Å². The summed E-state index contributed by atoms with van der Waals surface area (Å²) in [7, 11) is 0. The molecule has 0 aromatic heterocycles. The summed E-state index contributed by atoms with van der Waals surface area (Å²) in [5.41, 5.74) is 0. The molecule has 0 bridgehead atoms. The molecule has 0 aliphatic heterocycles. The van der Waals surface area contributed by atoms with Crippen LogP contribution in [0.25, 0.3) is 0 Å². The van der Waals surface area contributed by atoms with Crippen LogP contribution < -0.4 is 0 Å². The van der Waals surface area contributed by atoms with Gasteiger partial charge in [0.25, 0.3) is 0 Å². The maximum Gasteiger partial charge on any atom is 0.0336 e. The lowest BCUT2D eigenvalue weighted by Gasteiger charge is -2.23. The second kappa shape index (κ2) is 8.59. The van der Waals surface area contributed by atoms with Gasteiger partial charge in [-0.15, -0.1) is 11.6 Å². The lowest BCUT2D eigenvalue weighted by Crippen LogP contribution is -2.15. The monoisotopic (exact) mass is 218 g/mol. The number of hydrogen-bond donors (Lipinski definition) is 0. The van der Waals surface area contributed by atoms with E-state index in [1.165, 1.54) is 38.5 Å². The number of hydrogen-bond acceptors (Lipinski definition) is 0. The zero-order chi connectivity index (χ0) is 11.0. The fraction of sp³-hybridized carbons (Fsp3) is 1.00. The van der Waals surface area contributed by atoms with Gasteiger partial charge < -0.3 is 0 Å². The summed E-state index contributed by atoms with van der Waals surface area (Å²) in [5, 5.41) is 0.343. The average molecular weight is 219 g/mol. The molecule has 1 heteroatoms. The molecule has 0 radical (unpaired) electrons. The van der Waals surface area contributed by atoms with Crippen LogP contribution in [0.4, 0.5) is 0 Å². The molecule has 0 nitrogen and oxygen atoms in total. The van der Waals surface area contributed by atoms with Gasteiger partial charge in [0.1, 0.15) is 0 Å². The van der Waals surface area contributed by atoms with E-state index in [1.807, 2.05) is 0 Å². The minimum atomic E-state index is 0.343. The lowest BCUT2D eigenvalue weighted by molar-refractivity contribution is 0.327. The van der Waals surface area contributed by atoms with Gasteiger partial charge in [-0.05, 0) is 25.2 Å². The van der Waals surface area contributed by atoms with E-state index in [4.69, 9.17) is 11.6 Å². The molecule has 86 valence electrons. The molecular formula is C13H27Cl. The minimum Gasteiger partial charge on any atom is -0.123 e. The van der Waals surface area contributed by atoms with E-state index < -0.39 is 0 Å². The number of unbranched alkanes of at least 4 members (excludes halogenated alkanes) is 1. The zero-order valence-electron chi connectivity index (χ0n) is 10.4. The highest BCUT2D eigenvalue weighted by Gasteiger charge is 2.17. The summed E-state index contributed by atoms with van der Waals surface area (Å²) < 4.78 is 0. The van der Waals surface area contributed by atoms with Gasteiger partial charge >= 0.3 is 0 Å². The van der Waals surface area contributed by atoms with E-state index in [0.29, 0.717) is 5.38 Å². The van der Waals surface area contributed by atoms with Crippen LogP contribution in [0.5, 0.6) is 0 Å². The Balaban J connectivity index is 3.87. The first kappa shape index (κ1) is 14.3. The molecule has 0 saturated carbocycles. The van der Waals surface area contributed by atoms with Gasteiger partial charge in [-0.25, -0.2) is 0 Å². The molecule has 14 heavy (non-hydrogen) atoms. The quantitative estimate of drug-likeness (QED) is 0.489. The van der Waals surface area contributed by atoms with Crippen LogP contribution in [0, 0.1) is 11.8 Å². The van der Waals surface area contributed by atoms with Crippen LogP contribution in [-0.2, 0) is 0 Å². The molecule has 0 rings (SSSR count). The van der Waals surface area contributed by atoms with Crippen molar-refractivity contribution in [2.45, 2.75) is 71.6 Å². The van der Waals surface area contributed by atoms with Crippen molar-refractivity contribution >= 4 is 11.6 Å². The Morgan fingerprint density at radius 2 is 1.71 bits per heavy atom. The first-order valence-electron chi connectivity index (χ1n) is 6.29. The van der Waals surface area contributed by atoms with Gasteiger partial charge in [-0.1, -0.05) is 52.9 Å². The van der Waals surface area contributed by atoms with Crippen molar-refractivity contribution < 1.29 is 0 Å². The predicted molar refractivity (Wildman–Crippen MR) is 67.0 cm³/mol. The molecule has 0 aliphatic rings. The molecule has 0 amide bonds. The Bertz CT molecular complexity index is 120. The lowest BCUT2D eigenvalue weighted by atomic mass is 9.86. The largest absolute Gasteiger partial charge is 0.123 e. The molecule has 0 aliphatic carbocycles.